The molecule has 0 bridgehead atoms. The van der Waals surface area contributed by atoms with Crippen molar-refractivity contribution in [3.8, 4) is 5.75 Å². The van der Waals surface area contributed by atoms with E-state index < -0.39 is 0 Å². The zero-order chi connectivity index (χ0) is 18.2. The molecule has 0 radical (unpaired) electrons. The van der Waals surface area contributed by atoms with Crippen LogP contribution in [0.25, 0.3) is 0 Å². The summed E-state index contributed by atoms with van der Waals surface area (Å²) in [4.78, 5) is 12.6. The Kier molecular flexibility index (Phi) is 8.83. The van der Waals surface area contributed by atoms with Gasteiger partial charge in [0.15, 0.2) is 0 Å². The standard InChI is InChI=1S/C20H30N2O4.ClH/c1-24-15-20(7-9-21-10-8-20)14-22-19(23)16-4-2-5-17(12-16)26-13-18-6-3-11-25-18;/h2,4-5,12,18,21H,3,6-11,13-15H2,1H3,(H,22,23);1H. The van der Waals surface area contributed by atoms with Gasteiger partial charge in [0.2, 0.25) is 0 Å². The summed E-state index contributed by atoms with van der Waals surface area (Å²) in [5.74, 6) is 0.642. The number of piperidine rings is 1. The molecule has 0 saturated carbocycles. The fourth-order valence-electron chi connectivity index (χ4n) is 3.70. The van der Waals surface area contributed by atoms with Crippen LogP contribution in [-0.2, 0) is 9.47 Å². The number of methoxy groups -OCH3 is 1. The molecule has 0 aromatic heterocycles. The Labute approximate surface area is 167 Å². The summed E-state index contributed by atoms with van der Waals surface area (Å²) in [6.45, 7) is 4.57. The summed E-state index contributed by atoms with van der Waals surface area (Å²) in [5, 5.41) is 6.46. The molecule has 0 spiro atoms. The van der Waals surface area contributed by atoms with E-state index in [1.807, 2.05) is 18.2 Å². The number of nitrogens with one attached hydrogen (secondary N) is 2. The lowest BCUT2D eigenvalue weighted by Gasteiger charge is -2.37. The Balaban J connectivity index is 0.00000261. The van der Waals surface area contributed by atoms with Crippen molar-refractivity contribution < 1.29 is 19.0 Å². The third-order valence-electron chi connectivity index (χ3n) is 5.29. The molecule has 1 atom stereocenters. The van der Waals surface area contributed by atoms with E-state index in [-0.39, 0.29) is 29.8 Å². The van der Waals surface area contributed by atoms with E-state index in [0.717, 1.165) is 45.4 Å². The van der Waals surface area contributed by atoms with Gasteiger partial charge in [0.05, 0.1) is 12.7 Å². The minimum Gasteiger partial charge on any atom is -0.491 e. The maximum atomic E-state index is 12.6. The summed E-state index contributed by atoms with van der Waals surface area (Å²) in [7, 11) is 1.72. The number of benzene rings is 1. The van der Waals surface area contributed by atoms with Gasteiger partial charge in [-0.1, -0.05) is 6.07 Å². The van der Waals surface area contributed by atoms with Crippen LogP contribution in [0, 0.1) is 5.41 Å². The fraction of sp³-hybridized carbons (Fsp3) is 0.650. The molecule has 2 N–H and O–H groups in total. The molecule has 3 rings (SSSR count). The molecule has 0 aliphatic carbocycles. The van der Waals surface area contributed by atoms with Crippen molar-refractivity contribution in [1.29, 1.82) is 0 Å². The van der Waals surface area contributed by atoms with Gasteiger partial charge in [-0.3, -0.25) is 4.79 Å². The number of amides is 1. The minimum absolute atomic E-state index is 0. The first kappa shape index (κ1) is 22.0. The smallest absolute Gasteiger partial charge is 0.251 e. The summed E-state index contributed by atoms with van der Waals surface area (Å²) >= 11 is 0. The Bertz CT molecular complexity index is 582. The lowest BCUT2D eigenvalue weighted by molar-refractivity contribution is 0.0511. The monoisotopic (exact) mass is 398 g/mol. The minimum atomic E-state index is -0.0680. The van der Waals surface area contributed by atoms with Crippen molar-refractivity contribution in [3.63, 3.8) is 0 Å². The molecule has 27 heavy (non-hydrogen) atoms. The Hall–Kier alpha value is -1.34. The molecule has 2 aliphatic heterocycles. The number of carbonyl (C=O) groups excluding carboxylic acids is 1. The molecule has 7 heteroatoms. The molecular weight excluding hydrogens is 368 g/mol. The highest BCUT2D eigenvalue weighted by atomic mass is 35.5. The van der Waals surface area contributed by atoms with Crippen LogP contribution in [0.3, 0.4) is 0 Å². The van der Waals surface area contributed by atoms with E-state index in [4.69, 9.17) is 14.2 Å². The van der Waals surface area contributed by atoms with Crippen LogP contribution < -0.4 is 15.4 Å². The molecule has 2 heterocycles. The second-order valence-electron chi connectivity index (χ2n) is 7.34. The maximum Gasteiger partial charge on any atom is 0.251 e. The van der Waals surface area contributed by atoms with Gasteiger partial charge in [0.1, 0.15) is 12.4 Å². The summed E-state index contributed by atoms with van der Waals surface area (Å²) in [5.41, 5.74) is 0.639. The van der Waals surface area contributed by atoms with Gasteiger partial charge in [-0.15, -0.1) is 12.4 Å². The maximum absolute atomic E-state index is 12.6. The summed E-state index contributed by atoms with van der Waals surface area (Å²) in [6.07, 6.45) is 4.31. The van der Waals surface area contributed by atoms with Crippen molar-refractivity contribution in [2.75, 3.05) is 46.6 Å². The summed E-state index contributed by atoms with van der Waals surface area (Å²) in [6, 6.07) is 7.36. The highest BCUT2D eigenvalue weighted by Crippen LogP contribution is 2.28. The Morgan fingerprint density at radius 3 is 2.89 bits per heavy atom. The van der Waals surface area contributed by atoms with Gasteiger partial charge in [0, 0.05) is 31.2 Å². The number of halogens is 1. The van der Waals surface area contributed by atoms with E-state index in [2.05, 4.69) is 10.6 Å². The van der Waals surface area contributed by atoms with Gasteiger partial charge >= 0.3 is 0 Å². The Morgan fingerprint density at radius 1 is 1.37 bits per heavy atom. The zero-order valence-corrected chi connectivity index (χ0v) is 16.8. The Morgan fingerprint density at radius 2 is 2.19 bits per heavy atom. The molecule has 2 saturated heterocycles. The lowest BCUT2D eigenvalue weighted by Crippen LogP contribution is -2.47. The average Bonchev–Trinajstić information content (AvgIpc) is 3.19. The molecule has 2 fully saturated rings. The number of carbonyl (C=O) groups is 1. The highest BCUT2D eigenvalue weighted by molar-refractivity contribution is 5.94. The lowest BCUT2D eigenvalue weighted by atomic mass is 9.79. The molecule has 1 aromatic carbocycles. The van der Waals surface area contributed by atoms with Crippen LogP contribution in [-0.4, -0.2) is 58.6 Å². The van der Waals surface area contributed by atoms with Crippen molar-refractivity contribution in [3.05, 3.63) is 29.8 Å². The first-order chi connectivity index (χ1) is 12.7. The van der Waals surface area contributed by atoms with E-state index >= 15 is 0 Å². The fourth-order valence-corrected chi connectivity index (χ4v) is 3.70. The van der Waals surface area contributed by atoms with E-state index in [1.54, 1.807) is 13.2 Å². The molecular formula is C20H31ClN2O4. The number of hydrogen-bond acceptors (Lipinski definition) is 5. The van der Waals surface area contributed by atoms with Gasteiger partial charge < -0.3 is 24.8 Å². The second kappa shape index (κ2) is 10.9. The quantitative estimate of drug-likeness (QED) is 0.703. The van der Waals surface area contributed by atoms with Crippen molar-refractivity contribution in [1.82, 2.24) is 10.6 Å². The molecule has 6 nitrogen and oxygen atoms in total. The molecule has 152 valence electrons. The molecule has 1 aromatic rings. The normalized spacial score (nSPS) is 21.3. The third-order valence-corrected chi connectivity index (χ3v) is 5.29. The van der Waals surface area contributed by atoms with E-state index in [0.29, 0.717) is 31.1 Å². The number of hydrogen-bond donors (Lipinski definition) is 2. The van der Waals surface area contributed by atoms with Crippen molar-refractivity contribution >= 4 is 18.3 Å². The predicted molar refractivity (Wildman–Crippen MR) is 107 cm³/mol. The van der Waals surface area contributed by atoms with Crippen LogP contribution in [0.5, 0.6) is 5.75 Å². The number of rotatable bonds is 8. The first-order valence-electron chi connectivity index (χ1n) is 9.53. The van der Waals surface area contributed by atoms with Crippen LogP contribution in [0.1, 0.15) is 36.0 Å². The van der Waals surface area contributed by atoms with Gasteiger partial charge in [-0.05, 0) is 57.0 Å². The van der Waals surface area contributed by atoms with Gasteiger partial charge in [-0.25, -0.2) is 0 Å². The topological polar surface area (TPSA) is 68.8 Å². The van der Waals surface area contributed by atoms with E-state index in [9.17, 15) is 4.79 Å². The first-order valence-corrected chi connectivity index (χ1v) is 9.53. The predicted octanol–water partition coefficient (Wildman–Crippen LogP) is 2.41. The molecule has 1 amide bonds. The summed E-state index contributed by atoms with van der Waals surface area (Å²) < 4.78 is 16.8. The van der Waals surface area contributed by atoms with Crippen LogP contribution >= 0.6 is 12.4 Å². The SMILES string of the molecule is COCC1(CNC(=O)c2cccc(OCC3CCCO3)c2)CCNCC1.Cl. The van der Waals surface area contributed by atoms with E-state index in [1.165, 1.54) is 0 Å². The molecule has 1 unspecified atom stereocenters. The molecule has 2 aliphatic rings. The van der Waals surface area contributed by atoms with Gasteiger partial charge in [-0.2, -0.15) is 0 Å². The van der Waals surface area contributed by atoms with Crippen LogP contribution in [0.2, 0.25) is 0 Å². The van der Waals surface area contributed by atoms with Gasteiger partial charge in [0.25, 0.3) is 5.91 Å². The highest BCUT2D eigenvalue weighted by Gasteiger charge is 2.32. The van der Waals surface area contributed by atoms with Crippen molar-refractivity contribution in [2.24, 2.45) is 5.41 Å². The van der Waals surface area contributed by atoms with Crippen LogP contribution in [0.4, 0.5) is 0 Å². The third kappa shape index (κ3) is 6.35. The van der Waals surface area contributed by atoms with Crippen molar-refractivity contribution in [2.45, 2.75) is 31.8 Å². The zero-order valence-electron chi connectivity index (χ0n) is 16.0. The average molecular weight is 399 g/mol. The largest absolute Gasteiger partial charge is 0.491 e. The van der Waals surface area contributed by atoms with Crippen LogP contribution in [0.15, 0.2) is 24.3 Å². The second-order valence-corrected chi connectivity index (χ2v) is 7.34. The number of ether oxygens (including phenoxy) is 3.